The third kappa shape index (κ3) is 4.99. The third-order valence-corrected chi connectivity index (χ3v) is 6.60. The summed E-state index contributed by atoms with van der Waals surface area (Å²) in [4.78, 5) is 33.0. The molecule has 1 aliphatic rings. The van der Waals surface area contributed by atoms with Crippen LogP contribution in [0.5, 0.6) is 0 Å². The number of imidazole rings is 1. The van der Waals surface area contributed by atoms with Crippen molar-refractivity contribution in [2.75, 3.05) is 25.2 Å². The van der Waals surface area contributed by atoms with Crippen LogP contribution in [-0.2, 0) is 30.4 Å². The van der Waals surface area contributed by atoms with E-state index in [2.05, 4.69) is 0 Å². The lowest BCUT2D eigenvalue weighted by Gasteiger charge is -2.45. The molecule has 9 heteroatoms. The van der Waals surface area contributed by atoms with Gasteiger partial charge in [-0.05, 0) is 39.3 Å². The van der Waals surface area contributed by atoms with Crippen LogP contribution in [0.3, 0.4) is 0 Å². The SMILES string of the molecule is COCCO[C@@H]1c2ccn3c(CO)c(C)nc3c2N(C(C)=O)[C@H](c2ccccc2)[C@H]1OC(=O)C(C)(C)C. The highest BCUT2D eigenvalue weighted by Crippen LogP contribution is 2.49. The highest BCUT2D eigenvalue weighted by Gasteiger charge is 2.48. The summed E-state index contributed by atoms with van der Waals surface area (Å²) in [6.45, 7) is 9.08. The van der Waals surface area contributed by atoms with E-state index in [9.17, 15) is 14.7 Å². The Hall–Kier alpha value is -3.27. The Morgan fingerprint density at radius 1 is 1.11 bits per heavy atom. The Morgan fingerprint density at radius 3 is 2.41 bits per heavy atom. The molecule has 1 aliphatic heterocycles. The van der Waals surface area contributed by atoms with Crippen LogP contribution < -0.4 is 4.90 Å². The predicted molar refractivity (Wildman–Crippen MR) is 138 cm³/mol. The molecule has 0 radical (unpaired) electrons. The van der Waals surface area contributed by atoms with E-state index in [0.717, 1.165) is 5.56 Å². The van der Waals surface area contributed by atoms with Gasteiger partial charge < -0.3 is 19.3 Å². The van der Waals surface area contributed by atoms with E-state index in [1.54, 1.807) is 43.4 Å². The van der Waals surface area contributed by atoms with Gasteiger partial charge in [-0.25, -0.2) is 4.98 Å². The van der Waals surface area contributed by atoms with Gasteiger partial charge in [0.25, 0.3) is 0 Å². The standard InChI is InChI=1S/C28H35N3O6/c1-17-21(16-32)30-13-12-20-23(26(30)29-17)31(18(2)33)22(19-10-8-7-9-11-19)25(24(20)36-15-14-35-6)37-27(34)28(3,4)5/h7-13,22,24-25,32H,14-16H2,1-6H3/t22-,24-,25-/m1/s1. The van der Waals surface area contributed by atoms with Crippen LogP contribution in [0.15, 0.2) is 42.6 Å². The van der Waals surface area contributed by atoms with E-state index in [4.69, 9.17) is 19.2 Å². The molecule has 0 saturated carbocycles. The Kier molecular flexibility index (Phi) is 7.68. The molecule has 198 valence electrons. The number of hydrogen-bond acceptors (Lipinski definition) is 7. The summed E-state index contributed by atoms with van der Waals surface area (Å²) in [5.74, 6) is -0.632. The first-order valence-electron chi connectivity index (χ1n) is 12.4. The van der Waals surface area contributed by atoms with Crippen molar-refractivity contribution in [3.63, 3.8) is 0 Å². The van der Waals surface area contributed by atoms with Crippen molar-refractivity contribution in [2.24, 2.45) is 5.41 Å². The van der Waals surface area contributed by atoms with Gasteiger partial charge in [-0.2, -0.15) is 0 Å². The van der Waals surface area contributed by atoms with Gasteiger partial charge in [0.2, 0.25) is 5.91 Å². The molecular formula is C28H35N3O6. The molecule has 0 spiro atoms. The summed E-state index contributed by atoms with van der Waals surface area (Å²) < 4.78 is 19.6. The molecule has 3 heterocycles. The van der Waals surface area contributed by atoms with Gasteiger partial charge in [0, 0.05) is 25.8 Å². The largest absolute Gasteiger partial charge is 0.456 e. The molecule has 1 N–H and O–H groups in total. The van der Waals surface area contributed by atoms with E-state index in [1.165, 1.54) is 6.92 Å². The number of aryl methyl sites for hydroxylation is 1. The number of aliphatic hydroxyl groups is 1. The van der Waals surface area contributed by atoms with Gasteiger partial charge in [0.15, 0.2) is 11.8 Å². The first kappa shape index (κ1) is 26.8. The molecule has 4 rings (SSSR count). The average molecular weight is 510 g/mol. The number of carbonyl (C=O) groups is 2. The highest BCUT2D eigenvalue weighted by atomic mass is 16.6. The number of rotatable bonds is 7. The summed E-state index contributed by atoms with van der Waals surface area (Å²) >= 11 is 0. The molecule has 1 aromatic carbocycles. The van der Waals surface area contributed by atoms with Crippen molar-refractivity contribution < 1.29 is 28.9 Å². The summed E-state index contributed by atoms with van der Waals surface area (Å²) in [5.41, 5.74) is 3.09. The normalized spacial score (nSPS) is 19.6. The van der Waals surface area contributed by atoms with Crippen molar-refractivity contribution in [3.05, 3.63) is 65.1 Å². The lowest BCUT2D eigenvalue weighted by atomic mass is 9.86. The number of anilines is 1. The van der Waals surface area contributed by atoms with Gasteiger partial charge in [-0.3, -0.25) is 18.9 Å². The van der Waals surface area contributed by atoms with Gasteiger partial charge in [0.05, 0.1) is 42.3 Å². The van der Waals surface area contributed by atoms with E-state index >= 15 is 0 Å². The number of methoxy groups -OCH3 is 1. The number of fused-ring (bicyclic) bond motifs is 3. The van der Waals surface area contributed by atoms with Crippen molar-refractivity contribution in [1.29, 1.82) is 0 Å². The molecular weight excluding hydrogens is 474 g/mol. The number of ether oxygens (including phenoxy) is 3. The second-order valence-corrected chi connectivity index (χ2v) is 10.3. The fraction of sp³-hybridized carbons (Fsp3) is 0.464. The van der Waals surface area contributed by atoms with Gasteiger partial charge >= 0.3 is 5.97 Å². The maximum Gasteiger partial charge on any atom is 0.311 e. The molecule has 37 heavy (non-hydrogen) atoms. The summed E-state index contributed by atoms with van der Waals surface area (Å²) in [7, 11) is 1.59. The summed E-state index contributed by atoms with van der Waals surface area (Å²) in [6, 6.07) is 10.6. The van der Waals surface area contributed by atoms with E-state index in [0.29, 0.717) is 34.9 Å². The summed E-state index contributed by atoms with van der Waals surface area (Å²) in [6.07, 6.45) is 0.269. The minimum atomic E-state index is -0.835. The third-order valence-electron chi connectivity index (χ3n) is 6.60. The topological polar surface area (TPSA) is 103 Å². The van der Waals surface area contributed by atoms with Crippen LogP contribution in [-0.4, -0.2) is 52.8 Å². The lowest BCUT2D eigenvalue weighted by molar-refractivity contribution is -0.172. The van der Waals surface area contributed by atoms with Crippen molar-refractivity contribution in [2.45, 2.75) is 59.5 Å². The maximum absolute atomic E-state index is 13.4. The van der Waals surface area contributed by atoms with Crippen molar-refractivity contribution in [1.82, 2.24) is 9.38 Å². The molecule has 2 aromatic heterocycles. The number of amides is 1. The Labute approximate surface area is 217 Å². The number of aliphatic hydroxyl groups excluding tert-OH is 1. The van der Waals surface area contributed by atoms with Crippen LogP contribution in [0.25, 0.3) is 5.65 Å². The average Bonchev–Trinajstić information content (AvgIpc) is 3.19. The second kappa shape index (κ2) is 10.6. The minimum absolute atomic E-state index is 0.201. The maximum atomic E-state index is 13.4. The van der Waals surface area contributed by atoms with E-state index in [-0.39, 0.29) is 19.1 Å². The van der Waals surface area contributed by atoms with E-state index < -0.39 is 29.6 Å². The Balaban J connectivity index is 2.02. The molecule has 3 aromatic rings. The predicted octanol–water partition coefficient (Wildman–Crippen LogP) is 3.90. The number of hydrogen-bond donors (Lipinski definition) is 1. The number of pyridine rings is 1. The Bertz CT molecular complexity index is 1280. The quantitative estimate of drug-likeness (QED) is 0.381. The molecule has 9 nitrogen and oxygen atoms in total. The fourth-order valence-corrected chi connectivity index (χ4v) is 4.78. The van der Waals surface area contributed by atoms with Crippen molar-refractivity contribution >= 4 is 23.2 Å². The molecule has 1 amide bonds. The first-order chi connectivity index (χ1) is 17.6. The number of esters is 1. The minimum Gasteiger partial charge on any atom is -0.456 e. The van der Waals surface area contributed by atoms with Gasteiger partial charge in [-0.1, -0.05) is 30.3 Å². The van der Waals surface area contributed by atoms with Gasteiger partial charge in [0.1, 0.15) is 12.1 Å². The van der Waals surface area contributed by atoms with E-state index in [1.807, 2.05) is 43.3 Å². The number of carbonyl (C=O) groups excluding carboxylic acids is 2. The summed E-state index contributed by atoms with van der Waals surface area (Å²) in [5, 5.41) is 9.99. The molecule has 0 bridgehead atoms. The van der Waals surface area contributed by atoms with Gasteiger partial charge in [-0.15, -0.1) is 0 Å². The number of aromatic nitrogens is 2. The van der Waals surface area contributed by atoms with Crippen LogP contribution in [0, 0.1) is 12.3 Å². The van der Waals surface area contributed by atoms with Crippen LogP contribution in [0.1, 0.15) is 62.4 Å². The zero-order valence-electron chi connectivity index (χ0n) is 22.2. The lowest BCUT2D eigenvalue weighted by Crippen LogP contribution is -2.50. The van der Waals surface area contributed by atoms with Crippen LogP contribution in [0.4, 0.5) is 5.69 Å². The molecule has 0 fully saturated rings. The number of nitrogens with zero attached hydrogens (tertiary/aromatic N) is 3. The smallest absolute Gasteiger partial charge is 0.311 e. The number of benzene rings is 1. The Morgan fingerprint density at radius 2 is 1.81 bits per heavy atom. The zero-order chi connectivity index (χ0) is 26.9. The molecule has 0 aliphatic carbocycles. The second-order valence-electron chi connectivity index (χ2n) is 10.3. The molecule has 0 unspecified atom stereocenters. The monoisotopic (exact) mass is 509 g/mol. The molecule has 3 atom stereocenters. The molecule has 0 saturated heterocycles. The first-order valence-corrected chi connectivity index (χ1v) is 12.4. The van der Waals surface area contributed by atoms with Crippen LogP contribution in [0.2, 0.25) is 0 Å². The highest BCUT2D eigenvalue weighted by molar-refractivity contribution is 5.98. The van der Waals surface area contributed by atoms with Crippen molar-refractivity contribution in [3.8, 4) is 0 Å². The van der Waals surface area contributed by atoms with Crippen LogP contribution >= 0.6 is 0 Å². The zero-order valence-corrected chi connectivity index (χ0v) is 22.2. The fourth-order valence-electron chi connectivity index (χ4n) is 4.78.